The van der Waals surface area contributed by atoms with Crippen molar-refractivity contribution in [3.05, 3.63) is 83.4 Å². The maximum atomic E-state index is 13.6. The van der Waals surface area contributed by atoms with Crippen molar-refractivity contribution in [2.24, 2.45) is 0 Å². The van der Waals surface area contributed by atoms with Crippen LogP contribution in [0.3, 0.4) is 0 Å². The molecule has 7 nitrogen and oxygen atoms in total. The van der Waals surface area contributed by atoms with Crippen LogP contribution in [0.1, 0.15) is 16.7 Å². The van der Waals surface area contributed by atoms with Crippen molar-refractivity contribution < 1.29 is 17.9 Å². The molecule has 0 radical (unpaired) electrons. The van der Waals surface area contributed by atoms with Gasteiger partial charge in [-0.3, -0.25) is 4.79 Å². The summed E-state index contributed by atoms with van der Waals surface area (Å²) in [5.41, 5.74) is 3.56. The second kappa shape index (κ2) is 8.83. The van der Waals surface area contributed by atoms with Gasteiger partial charge in [0.05, 0.1) is 22.2 Å². The molecule has 0 saturated carbocycles. The molecule has 34 heavy (non-hydrogen) atoms. The monoisotopic (exact) mass is 493 g/mol. The number of amides is 1. The third-order valence-electron chi connectivity index (χ3n) is 5.96. The molecular weight excluding hydrogens is 470 g/mol. The second-order valence-corrected chi connectivity index (χ2v) is 11.1. The quantitative estimate of drug-likeness (QED) is 0.446. The molecular formula is C25H23N3O4S2. The smallest absolute Gasteiger partial charge is 0.244 e. The number of benzene rings is 3. The lowest BCUT2D eigenvalue weighted by molar-refractivity contribution is -0.120. The van der Waals surface area contributed by atoms with Crippen molar-refractivity contribution in [2.75, 3.05) is 12.4 Å². The molecule has 4 aromatic rings. The molecule has 1 unspecified atom stereocenters. The van der Waals surface area contributed by atoms with Gasteiger partial charge in [0.15, 0.2) is 5.13 Å². The van der Waals surface area contributed by atoms with E-state index in [0.29, 0.717) is 10.9 Å². The summed E-state index contributed by atoms with van der Waals surface area (Å²) in [5, 5.41) is 3.27. The summed E-state index contributed by atoms with van der Waals surface area (Å²) < 4.78 is 34.6. The molecule has 1 N–H and O–H groups in total. The summed E-state index contributed by atoms with van der Waals surface area (Å²) in [7, 11) is -2.31. The van der Waals surface area contributed by atoms with E-state index in [1.165, 1.54) is 15.6 Å². The average molecular weight is 494 g/mol. The molecule has 0 saturated heterocycles. The number of carbonyl (C=O) groups excluding carboxylic acids is 1. The summed E-state index contributed by atoms with van der Waals surface area (Å²) in [6.07, 6.45) is 0.284. The van der Waals surface area contributed by atoms with Gasteiger partial charge < -0.3 is 10.1 Å². The molecule has 2 heterocycles. The van der Waals surface area contributed by atoms with Gasteiger partial charge in [-0.25, -0.2) is 13.4 Å². The molecule has 3 aromatic carbocycles. The highest BCUT2D eigenvalue weighted by Gasteiger charge is 2.39. The summed E-state index contributed by atoms with van der Waals surface area (Å²) in [6.45, 7) is 2.03. The Balaban J connectivity index is 1.49. The highest BCUT2D eigenvalue weighted by Crippen LogP contribution is 2.32. The Hall–Kier alpha value is -3.27. The van der Waals surface area contributed by atoms with E-state index in [2.05, 4.69) is 10.3 Å². The van der Waals surface area contributed by atoms with Crippen molar-refractivity contribution in [3.63, 3.8) is 0 Å². The molecule has 5 rings (SSSR count). The lowest BCUT2D eigenvalue weighted by Gasteiger charge is -2.34. The van der Waals surface area contributed by atoms with Gasteiger partial charge in [-0.1, -0.05) is 53.3 Å². The van der Waals surface area contributed by atoms with Crippen LogP contribution in [0.15, 0.2) is 71.6 Å². The fraction of sp³-hybridized carbons (Fsp3) is 0.200. The van der Waals surface area contributed by atoms with E-state index in [9.17, 15) is 13.2 Å². The molecule has 0 aliphatic carbocycles. The number of hydrogen-bond donors (Lipinski definition) is 1. The zero-order valence-electron chi connectivity index (χ0n) is 18.7. The predicted octanol–water partition coefficient (Wildman–Crippen LogP) is 4.37. The SMILES string of the molecule is COc1ccc2nc(NC(=O)C3Cc4ccccc4CN3S(=O)(=O)c3ccc(C)cc3)sc2c1. The maximum absolute atomic E-state index is 13.6. The normalized spacial score (nSPS) is 16.2. The average Bonchev–Trinajstić information content (AvgIpc) is 3.24. The summed E-state index contributed by atoms with van der Waals surface area (Å²) in [6, 6.07) is 18.9. The highest BCUT2D eigenvalue weighted by molar-refractivity contribution is 7.89. The first kappa shape index (κ1) is 22.5. The maximum Gasteiger partial charge on any atom is 0.244 e. The van der Waals surface area contributed by atoms with Crippen LogP contribution in [0.5, 0.6) is 5.75 Å². The molecule has 0 fully saturated rings. The number of nitrogens with zero attached hydrogens (tertiary/aromatic N) is 2. The highest BCUT2D eigenvalue weighted by atomic mass is 32.2. The second-order valence-electron chi connectivity index (χ2n) is 8.19. The summed E-state index contributed by atoms with van der Waals surface area (Å²) in [5.74, 6) is 0.296. The van der Waals surface area contributed by atoms with Gasteiger partial charge in [-0.15, -0.1) is 0 Å². The number of methoxy groups -OCH3 is 1. The Morgan fingerprint density at radius 1 is 1.09 bits per heavy atom. The van der Waals surface area contributed by atoms with Crippen molar-refractivity contribution in [2.45, 2.75) is 30.8 Å². The van der Waals surface area contributed by atoms with Crippen LogP contribution < -0.4 is 10.1 Å². The lowest BCUT2D eigenvalue weighted by Crippen LogP contribution is -2.50. The number of thiazole rings is 1. The Kier molecular flexibility index (Phi) is 5.85. The molecule has 1 atom stereocenters. The van der Waals surface area contributed by atoms with Gasteiger partial charge in [-0.05, 0) is 54.8 Å². The molecule has 1 amide bonds. The number of hydrogen-bond acceptors (Lipinski definition) is 6. The van der Waals surface area contributed by atoms with Gasteiger partial charge in [0.25, 0.3) is 0 Å². The van der Waals surface area contributed by atoms with Crippen LogP contribution in [0.2, 0.25) is 0 Å². The first-order chi connectivity index (χ1) is 16.3. The largest absolute Gasteiger partial charge is 0.497 e. The van der Waals surface area contributed by atoms with Gasteiger partial charge in [-0.2, -0.15) is 4.31 Å². The number of aromatic nitrogens is 1. The minimum absolute atomic E-state index is 0.127. The lowest BCUT2D eigenvalue weighted by atomic mass is 9.95. The number of sulfonamides is 1. The Labute approximate surface area is 202 Å². The molecule has 0 bridgehead atoms. The van der Waals surface area contributed by atoms with Crippen LogP contribution >= 0.6 is 11.3 Å². The van der Waals surface area contributed by atoms with Crippen LogP contribution in [0.25, 0.3) is 10.2 Å². The topological polar surface area (TPSA) is 88.6 Å². The minimum Gasteiger partial charge on any atom is -0.497 e. The zero-order valence-corrected chi connectivity index (χ0v) is 20.3. The fourth-order valence-electron chi connectivity index (χ4n) is 4.09. The van der Waals surface area contributed by atoms with Gasteiger partial charge in [0.2, 0.25) is 15.9 Å². The van der Waals surface area contributed by atoms with E-state index in [1.54, 1.807) is 31.4 Å². The molecule has 1 aliphatic heterocycles. The number of aryl methyl sites for hydroxylation is 1. The molecule has 1 aliphatic rings. The van der Waals surface area contributed by atoms with E-state index >= 15 is 0 Å². The summed E-state index contributed by atoms with van der Waals surface area (Å²) in [4.78, 5) is 18.1. The molecule has 0 spiro atoms. The van der Waals surface area contributed by atoms with Crippen LogP contribution in [-0.2, 0) is 27.8 Å². The third-order valence-corrected chi connectivity index (χ3v) is 8.76. The summed E-state index contributed by atoms with van der Waals surface area (Å²) >= 11 is 1.32. The van der Waals surface area contributed by atoms with Crippen molar-refractivity contribution in [1.29, 1.82) is 0 Å². The first-order valence-electron chi connectivity index (χ1n) is 10.8. The van der Waals surface area contributed by atoms with Crippen LogP contribution in [-0.4, -0.2) is 36.8 Å². The van der Waals surface area contributed by atoms with E-state index in [0.717, 1.165) is 26.9 Å². The number of rotatable bonds is 5. The fourth-order valence-corrected chi connectivity index (χ4v) is 6.56. The van der Waals surface area contributed by atoms with Crippen molar-refractivity contribution >= 4 is 42.6 Å². The van der Waals surface area contributed by atoms with Gasteiger partial charge >= 0.3 is 0 Å². The predicted molar refractivity (Wildman–Crippen MR) is 133 cm³/mol. The first-order valence-corrected chi connectivity index (χ1v) is 13.0. The number of fused-ring (bicyclic) bond motifs is 2. The van der Waals surface area contributed by atoms with Crippen LogP contribution in [0.4, 0.5) is 5.13 Å². The van der Waals surface area contributed by atoms with E-state index in [4.69, 9.17) is 4.74 Å². The molecule has 9 heteroatoms. The van der Waals surface area contributed by atoms with E-state index < -0.39 is 22.0 Å². The minimum atomic E-state index is -3.90. The number of ether oxygens (including phenoxy) is 1. The third kappa shape index (κ3) is 4.18. The van der Waals surface area contributed by atoms with Crippen LogP contribution in [0, 0.1) is 6.92 Å². The number of carbonyl (C=O) groups is 1. The van der Waals surface area contributed by atoms with E-state index in [-0.39, 0.29) is 17.9 Å². The zero-order chi connectivity index (χ0) is 23.9. The van der Waals surface area contributed by atoms with Crippen molar-refractivity contribution in [1.82, 2.24) is 9.29 Å². The Bertz CT molecular complexity index is 1480. The molecule has 174 valence electrons. The molecule has 1 aromatic heterocycles. The Morgan fingerprint density at radius 2 is 1.82 bits per heavy atom. The standard InChI is InChI=1S/C25H23N3O4S2/c1-16-7-10-20(11-8-16)34(30,31)28-15-18-6-4-3-5-17(18)13-22(28)24(29)27-25-26-21-12-9-19(32-2)14-23(21)33-25/h3-12,14,22H,13,15H2,1-2H3,(H,26,27,29). The number of anilines is 1. The number of nitrogens with one attached hydrogen (secondary N) is 1. The van der Waals surface area contributed by atoms with Crippen molar-refractivity contribution in [3.8, 4) is 5.75 Å². The van der Waals surface area contributed by atoms with E-state index in [1.807, 2.05) is 49.4 Å². The van der Waals surface area contributed by atoms with Gasteiger partial charge in [0.1, 0.15) is 11.8 Å². The Morgan fingerprint density at radius 3 is 2.56 bits per heavy atom. The van der Waals surface area contributed by atoms with Gasteiger partial charge in [0, 0.05) is 6.54 Å².